The molecule has 0 aliphatic rings. The summed E-state index contributed by atoms with van der Waals surface area (Å²) in [7, 11) is 0. The highest BCUT2D eigenvalue weighted by atomic mass is 32.1. The molecule has 2 heterocycles. The molecule has 0 spiro atoms. The van der Waals surface area contributed by atoms with E-state index in [-0.39, 0.29) is 5.91 Å². The number of rotatable bonds is 3. The van der Waals surface area contributed by atoms with E-state index in [1.54, 1.807) is 19.2 Å². The van der Waals surface area contributed by atoms with Gasteiger partial charge in [-0.25, -0.2) is 4.98 Å². The molecule has 0 saturated heterocycles. The maximum Gasteiger partial charge on any atom is 0.253 e. The highest BCUT2D eigenvalue weighted by Gasteiger charge is 2.26. The van der Waals surface area contributed by atoms with Crippen LogP contribution in [0.2, 0.25) is 0 Å². The van der Waals surface area contributed by atoms with Crippen molar-refractivity contribution in [2.45, 2.75) is 26.3 Å². The van der Waals surface area contributed by atoms with E-state index >= 15 is 0 Å². The third kappa shape index (κ3) is 2.90. The van der Waals surface area contributed by atoms with Crippen LogP contribution in [-0.2, 0) is 5.54 Å². The maximum absolute atomic E-state index is 12.3. The Hall–Kier alpha value is -1.95. The number of nitrogens with zero attached hydrogens (tertiary/aromatic N) is 2. The molecule has 0 aromatic carbocycles. The third-order valence-corrected chi connectivity index (χ3v) is 3.84. The molecule has 100 valence electrons. The smallest absolute Gasteiger partial charge is 0.253 e. The average Bonchev–Trinajstić information content (AvgIpc) is 2.86. The van der Waals surface area contributed by atoms with Crippen molar-refractivity contribution in [3.8, 4) is 0 Å². The van der Waals surface area contributed by atoms with E-state index in [1.165, 1.54) is 17.5 Å². The lowest BCUT2D eigenvalue weighted by molar-refractivity contribution is 0.0911. The number of thiazole rings is 1. The van der Waals surface area contributed by atoms with Gasteiger partial charge in [-0.2, -0.15) is 0 Å². The summed E-state index contributed by atoms with van der Waals surface area (Å²) in [5.74, 6) is -0.197. The molecule has 2 aromatic heterocycles. The first kappa shape index (κ1) is 13.5. The van der Waals surface area contributed by atoms with E-state index in [1.807, 2.05) is 19.2 Å². The second kappa shape index (κ2) is 4.97. The summed E-state index contributed by atoms with van der Waals surface area (Å²) in [5, 5.41) is 5.70. The number of anilines is 1. The zero-order chi connectivity index (χ0) is 14.0. The van der Waals surface area contributed by atoms with E-state index in [0.717, 1.165) is 5.01 Å². The lowest BCUT2D eigenvalue weighted by Crippen LogP contribution is -2.41. The van der Waals surface area contributed by atoms with Crippen LogP contribution in [0.5, 0.6) is 0 Å². The van der Waals surface area contributed by atoms with E-state index in [2.05, 4.69) is 15.3 Å². The molecule has 0 aliphatic heterocycles. The van der Waals surface area contributed by atoms with Gasteiger partial charge in [-0.3, -0.25) is 9.78 Å². The quantitative estimate of drug-likeness (QED) is 0.899. The fourth-order valence-electron chi connectivity index (χ4n) is 1.72. The van der Waals surface area contributed by atoms with Gasteiger partial charge in [0.15, 0.2) is 0 Å². The van der Waals surface area contributed by atoms with Crippen LogP contribution in [0, 0.1) is 6.92 Å². The summed E-state index contributed by atoms with van der Waals surface area (Å²) in [5.41, 5.74) is 6.76. The molecular formula is C13H16N4OS. The summed E-state index contributed by atoms with van der Waals surface area (Å²) in [4.78, 5) is 20.6. The topological polar surface area (TPSA) is 80.9 Å². The van der Waals surface area contributed by atoms with E-state index in [9.17, 15) is 4.79 Å². The van der Waals surface area contributed by atoms with Crippen molar-refractivity contribution in [1.29, 1.82) is 0 Å². The van der Waals surface area contributed by atoms with Gasteiger partial charge in [0.25, 0.3) is 5.91 Å². The first-order valence-electron chi connectivity index (χ1n) is 5.85. The lowest BCUT2D eigenvalue weighted by atomic mass is 10.1. The molecule has 0 aliphatic carbocycles. The Morgan fingerprint density at radius 3 is 2.79 bits per heavy atom. The normalized spacial score (nSPS) is 11.3. The van der Waals surface area contributed by atoms with Gasteiger partial charge in [-0.15, -0.1) is 11.3 Å². The third-order valence-electron chi connectivity index (χ3n) is 2.75. The van der Waals surface area contributed by atoms with Gasteiger partial charge in [0, 0.05) is 11.6 Å². The summed E-state index contributed by atoms with van der Waals surface area (Å²) in [6, 6.07) is 1.63. The lowest BCUT2D eigenvalue weighted by Gasteiger charge is -2.24. The molecule has 19 heavy (non-hydrogen) atoms. The number of carbonyl (C=O) groups is 1. The maximum atomic E-state index is 12.3. The van der Waals surface area contributed by atoms with Gasteiger partial charge in [0.1, 0.15) is 5.01 Å². The van der Waals surface area contributed by atoms with E-state index < -0.39 is 5.54 Å². The Balaban J connectivity index is 2.24. The first-order chi connectivity index (χ1) is 8.90. The second-order valence-electron chi connectivity index (χ2n) is 4.82. The van der Waals surface area contributed by atoms with Crippen LogP contribution >= 0.6 is 11.3 Å². The highest BCUT2D eigenvalue weighted by molar-refractivity contribution is 7.09. The molecule has 0 bridgehead atoms. The van der Waals surface area contributed by atoms with Crippen molar-refractivity contribution in [1.82, 2.24) is 15.3 Å². The van der Waals surface area contributed by atoms with Crippen LogP contribution in [-0.4, -0.2) is 15.9 Å². The monoisotopic (exact) mass is 276 g/mol. The number of nitrogen functional groups attached to an aromatic ring is 1. The van der Waals surface area contributed by atoms with Crippen molar-refractivity contribution in [2.75, 3.05) is 5.73 Å². The molecule has 3 N–H and O–H groups in total. The molecule has 2 aromatic rings. The number of pyridine rings is 1. The first-order valence-corrected chi connectivity index (χ1v) is 6.73. The van der Waals surface area contributed by atoms with Crippen LogP contribution in [0.3, 0.4) is 0 Å². The molecule has 0 saturated carbocycles. The second-order valence-corrected chi connectivity index (χ2v) is 5.71. The number of nitrogens with one attached hydrogen (secondary N) is 1. The molecule has 0 radical (unpaired) electrons. The Bertz CT molecular complexity index is 593. The SMILES string of the molecule is Cc1ncc(N)cc1C(=O)NC(C)(C)c1nccs1. The fraction of sp³-hybridized carbons (Fsp3) is 0.308. The molecule has 0 fully saturated rings. The highest BCUT2D eigenvalue weighted by Crippen LogP contribution is 2.23. The molecule has 0 atom stereocenters. The molecular weight excluding hydrogens is 260 g/mol. The zero-order valence-electron chi connectivity index (χ0n) is 11.1. The van der Waals surface area contributed by atoms with Crippen molar-refractivity contribution < 1.29 is 4.79 Å². The summed E-state index contributed by atoms with van der Waals surface area (Å²) in [6.07, 6.45) is 3.26. The van der Waals surface area contributed by atoms with Crippen molar-refractivity contribution >= 4 is 22.9 Å². The Morgan fingerprint density at radius 1 is 1.42 bits per heavy atom. The largest absolute Gasteiger partial charge is 0.397 e. The van der Waals surface area contributed by atoms with Gasteiger partial charge in [-0.1, -0.05) is 0 Å². The molecule has 1 amide bonds. The molecule has 6 heteroatoms. The van der Waals surface area contributed by atoms with E-state index in [0.29, 0.717) is 16.9 Å². The van der Waals surface area contributed by atoms with Gasteiger partial charge >= 0.3 is 0 Å². The number of hydrogen-bond donors (Lipinski definition) is 2. The van der Waals surface area contributed by atoms with E-state index in [4.69, 9.17) is 5.73 Å². The summed E-state index contributed by atoms with van der Waals surface area (Å²) in [6.45, 7) is 5.61. The fourth-order valence-corrected chi connectivity index (χ4v) is 2.43. The number of nitrogens with two attached hydrogens (primary N) is 1. The van der Waals surface area contributed by atoms with Gasteiger partial charge in [0.2, 0.25) is 0 Å². The summed E-state index contributed by atoms with van der Waals surface area (Å²) < 4.78 is 0. The average molecular weight is 276 g/mol. The summed E-state index contributed by atoms with van der Waals surface area (Å²) >= 11 is 1.51. The Morgan fingerprint density at radius 2 is 2.16 bits per heavy atom. The number of hydrogen-bond acceptors (Lipinski definition) is 5. The van der Waals surface area contributed by atoms with Crippen LogP contribution in [0.1, 0.15) is 34.9 Å². The number of carbonyl (C=O) groups excluding carboxylic acids is 1. The number of amides is 1. The standard InChI is InChI=1S/C13H16N4OS/c1-8-10(6-9(14)7-16-8)11(18)17-13(2,3)12-15-4-5-19-12/h4-7H,14H2,1-3H3,(H,17,18). The number of aryl methyl sites for hydroxylation is 1. The minimum absolute atomic E-state index is 0.197. The Kier molecular flexibility index (Phi) is 3.53. The predicted molar refractivity (Wildman–Crippen MR) is 76.0 cm³/mol. The van der Waals surface area contributed by atoms with Crippen molar-refractivity contribution in [3.05, 3.63) is 40.1 Å². The van der Waals surface area contributed by atoms with Gasteiger partial charge in [0.05, 0.1) is 28.7 Å². The minimum atomic E-state index is -0.526. The number of aromatic nitrogens is 2. The van der Waals surface area contributed by atoms with Crippen LogP contribution in [0.25, 0.3) is 0 Å². The predicted octanol–water partition coefficient (Wildman–Crippen LogP) is 2.09. The zero-order valence-corrected chi connectivity index (χ0v) is 11.9. The Labute approximate surface area is 115 Å². The van der Waals surface area contributed by atoms with Crippen LogP contribution in [0.15, 0.2) is 23.8 Å². The van der Waals surface area contributed by atoms with Crippen molar-refractivity contribution in [2.24, 2.45) is 0 Å². The van der Waals surface area contributed by atoms with Crippen molar-refractivity contribution in [3.63, 3.8) is 0 Å². The van der Waals surface area contributed by atoms with Crippen LogP contribution < -0.4 is 11.1 Å². The molecule has 0 unspecified atom stereocenters. The van der Waals surface area contributed by atoms with Gasteiger partial charge in [-0.05, 0) is 26.8 Å². The van der Waals surface area contributed by atoms with Gasteiger partial charge < -0.3 is 11.1 Å². The van der Waals surface area contributed by atoms with Crippen LogP contribution in [0.4, 0.5) is 5.69 Å². The minimum Gasteiger partial charge on any atom is -0.397 e. The molecule has 5 nitrogen and oxygen atoms in total. The molecule has 2 rings (SSSR count).